The lowest BCUT2D eigenvalue weighted by atomic mass is 10.1. The topological polar surface area (TPSA) is 99.4 Å². The van der Waals surface area contributed by atoms with Crippen molar-refractivity contribution < 1.29 is 4.79 Å². The van der Waals surface area contributed by atoms with Crippen LogP contribution in [0.5, 0.6) is 0 Å². The number of hydrogen-bond donors (Lipinski definition) is 3. The summed E-state index contributed by atoms with van der Waals surface area (Å²) in [4.78, 5) is 11.5. The standard InChI is InChI=1S/C12H12N6O/c1-7(19)12-17-16-11-10(18(12)13)9(14-15-11)8-5-3-2-4-6-8/h2-6H,13H2,1H3,(H2,14,15,16). The van der Waals surface area contributed by atoms with Crippen LogP contribution in [0.1, 0.15) is 6.92 Å². The number of fused-ring (bicyclic) bond motifs is 1. The molecule has 0 aliphatic carbocycles. The third-order valence-corrected chi connectivity index (χ3v) is 2.85. The van der Waals surface area contributed by atoms with Crippen molar-refractivity contribution >= 4 is 23.1 Å². The van der Waals surface area contributed by atoms with Gasteiger partial charge in [0.25, 0.3) is 0 Å². The quantitative estimate of drug-likeness (QED) is 0.698. The van der Waals surface area contributed by atoms with Crippen molar-refractivity contribution in [1.29, 1.82) is 0 Å². The van der Waals surface area contributed by atoms with E-state index in [1.807, 2.05) is 30.3 Å². The van der Waals surface area contributed by atoms with Crippen LogP contribution in [0.15, 0.2) is 35.4 Å². The fraction of sp³-hybridized carbons (Fsp3) is 0.0833. The Morgan fingerprint density at radius 3 is 2.74 bits per heavy atom. The van der Waals surface area contributed by atoms with E-state index < -0.39 is 0 Å². The number of H-pyrrole nitrogens is 1. The maximum Gasteiger partial charge on any atom is 0.210 e. The Morgan fingerprint density at radius 1 is 1.32 bits per heavy atom. The largest absolute Gasteiger partial charge is 0.291 e. The number of Topliss-reactive ketones (excluding diaryl/α,β-unsaturated/α-hetero) is 1. The second kappa shape index (κ2) is 4.21. The third kappa shape index (κ3) is 1.76. The summed E-state index contributed by atoms with van der Waals surface area (Å²) in [5.41, 5.74) is 4.99. The number of aromatic amines is 1. The number of hydrazone groups is 1. The van der Waals surface area contributed by atoms with Gasteiger partial charge in [0.2, 0.25) is 5.84 Å². The third-order valence-electron chi connectivity index (χ3n) is 2.85. The molecule has 0 amide bonds. The van der Waals surface area contributed by atoms with Gasteiger partial charge in [-0.3, -0.25) is 20.3 Å². The van der Waals surface area contributed by atoms with Crippen LogP contribution in [0.25, 0.3) is 11.3 Å². The molecule has 1 aliphatic rings. The minimum atomic E-state index is -0.221. The van der Waals surface area contributed by atoms with E-state index in [1.54, 1.807) is 0 Å². The number of rotatable bonds is 2. The molecule has 3 rings (SSSR count). The lowest BCUT2D eigenvalue weighted by Gasteiger charge is -2.23. The van der Waals surface area contributed by atoms with Crippen molar-refractivity contribution in [2.45, 2.75) is 6.92 Å². The molecular formula is C12H12N6O. The summed E-state index contributed by atoms with van der Waals surface area (Å²) >= 11 is 0. The first-order valence-corrected chi connectivity index (χ1v) is 5.71. The monoisotopic (exact) mass is 256 g/mol. The van der Waals surface area contributed by atoms with Crippen LogP contribution in [-0.2, 0) is 4.79 Å². The number of aromatic nitrogens is 2. The van der Waals surface area contributed by atoms with Gasteiger partial charge in [0.1, 0.15) is 5.69 Å². The summed E-state index contributed by atoms with van der Waals surface area (Å²) in [6, 6.07) is 9.62. The van der Waals surface area contributed by atoms with Crippen molar-refractivity contribution in [1.82, 2.24) is 10.2 Å². The molecule has 4 N–H and O–H groups in total. The van der Waals surface area contributed by atoms with Crippen LogP contribution >= 0.6 is 0 Å². The number of carbonyl (C=O) groups excluding carboxylic acids is 1. The van der Waals surface area contributed by atoms with Crippen LogP contribution in [-0.4, -0.2) is 21.8 Å². The minimum absolute atomic E-state index is 0.145. The highest BCUT2D eigenvalue weighted by atomic mass is 16.1. The van der Waals surface area contributed by atoms with Gasteiger partial charge in [-0.2, -0.15) is 10.2 Å². The lowest BCUT2D eigenvalue weighted by molar-refractivity contribution is -0.111. The number of ketones is 1. The normalized spacial score (nSPS) is 13.6. The van der Waals surface area contributed by atoms with Crippen LogP contribution in [0, 0.1) is 0 Å². The molecule has 0 bridgehead atoms. The van der Waals surface area contributed by atoms with Gasteiger partial charge in [0.15, 0.2) is 11.6 Å². The van der Waals surface area contributed by atoms with Crippen molar-refractivity contribution in [3.63, 3.8) is 0 Å². The van der Waals surface area contributed by atoms with Gasteiger partial charge in [0.05, 0.1) is 5.69 Å². The second-order valence-corrected chi connectivity index (χ2v) is 4.14. The van der Waals surface area contributed by atoms with Crippen LogP contribution in [0.4, 0.5) is 11.5 Å². The number of anilines is 2. The Hall–Kier alpha value is -2.67. The molecule has 2 heterocycles. The minimum Gasteiger partial charge on any atom is -0.291 e. The van der Waals surface area contributed by atoms with E-state index in [0.717, 1.165) is 11.3 Å². The van der Waals surface area contributed by atoms with Crippen molar-refractivity contribution in [2.24, 2.45) is 10.9 Å². The maximum absolute atomic E-state index is 11.5. The number of carbonyl (C=O) groups is 1. The van der Waals surface area contributed by atoms with Gasteiger partial charge in [-0.25, -0.2) is 5.84 Å². The highest BCUT2D eigenvalue weighted by Crippen LogP contribution is 2.35. The maximum atomic E-state index is 11.5. The molecule has 0 saturated carbocycles. The van der Waals surface area contributed by atoms with E-state index in [0.29, 0.717) is 11.5 Å². The summed E-state index contributed by atoms with van der Waals surface area (Å²) in [5, 5.41) is 12.1. The van der Waals surface area contributed by atoms with E-state index in [9.17, 15) is 4.79 Å². The van der Waals surface area contributed by atoms with Gasteiger partial charge in [-0.05, 0) is 0 Å². The Kier molecular flexibility index (Phi) is 2.53. The first-order valence-electron chi connectivity index (χ1n) is 5.71. The van der Waals surface area contributed by atoms with Crippen LogP contribution < -0.4 is 16.3 Å². The molecule has 1 aliphatic heterocycles. The van der Waals surface area contributed by atoms with E-state index in [-0.39, 0.29) is 11.6 Å². The van der Waals surface area contributed by atoms with E-state index in [2.05, 4.69) is 20.7 Å². The molecule has 1 aromatic carbocycles. The zero-order chi connectivity index (χ0) is 13.4. The second-order valence-electron chi connectivity index (χ2n) is 4.14. The number of hydrazine groups is 1. The van der Waals surface area contributed by atoms with Gasteiger partial charge in [-0.15, -0.1) is 0 Å². The summed E-state index contributed by atoms with van der Waals surface area (Å²) in [7, 11) is 0. The number of nitrogens with two attached hydrogens (primary N) is 1. The average molecular weight is 256 g/mol. The molecule has 7 heteroatoms. The summed E-state index contributed by atoms with van der Waals surface area (Å²) < 4.78 is 0. The van der Waals surface area contributed by atoms with Gasteiger partial charge in [0, 0.05) is 12.5 Å². The molecule has 0 fully saturated rings. The Balaban J connectivity index is 2.10. The predicted molar refractivity (Wildman–Crippen MR) is 72.4 cm³/mol. The number of nitrogens with one attached hydrogen (secondary N) is 2. The van der Waals surface area contributed by atoms with Crippen molar-refractivity contribution in [2.75, 3.05) is 10.4 Å². The average Bonchev–Trinajstić information content (AvgIpc) is 2.84. The molecule has 0 saturated heterocycles. The Labute approximate surface area is 109 Å². The number of hydrogen-bond acceptors (Lipinski definition) is 6. The summed E-state index contributed by atoms with van der Waals surface area (Å²) in [5.74, 6) is 6.37. The Bertz CT molecular complexity index is 660. The fourth-order valence-corrected chi connectivity index (χ4v) is 1.97. The molecular weight excluding hydrogens is 244 g/mol. The molecule has 1 aromatic heterocycles. The van der Waals surface area contributed by atoms with E-state index >= 15 is 0 Å². The molecule has 19 heavy (non-hydrogen) atoms. The van der Waals surface area contributed by atoms with Crippen LogP contribution in [0.2, 0.25) is 0 Å². The first-order chi connectivity index (χ1) is 9.18. The van der Waals surface area contributed by atoms with Crippen molar-refractivity contribution in [3.05, 3.63) is 30.3 Å². The predicted octanol–water partition coefficient (Wildman–Crippen LogP) is 1.08. The number of nitrogens with zero attached hydrogens (tertiary/aromatic N) is 3. The molecule has 0 radical (unpaired) electrons. The first kappa shape index (κ1) is 11.4. The zero-order valence-electron chi connectivity index (χ0n) is 10.2. The number of benzene rings is 1. The zero-order valence-corrected chi connectivity index (χ0v) is 10.2. The highest BCUT2D eigenvalue weighted by molar-refractivity contribution is 6.43. The molecule has 2 aromatic rings. The summed E-state index contributed by atoms with van der Waals surface area (Å²) in [6.45, 7) is 1.41. The van der Waals surface area contributed by atoms with Gasteiger partial charge >= 0.3 is 0 Å². The molecule has 7 nitrogen and oxygen atoms in total. The SMILES string of the molecule is CC(=O)C1=NNc2n[nH]c(-c3ccccc3)c2N1N. The van der Waals surface area contributed by atoms with Crippen molar-refractivity contribution in [3.8, 4) is 11.3 Å². The summed E-state index contributed by atoms with van der Waals surface area (Å²) in [6.07, 6.45) is 0. The Morgan fingerprint density at radius 2 is 2.05 bits per heavy atom. The van der Waals surface area contributed by atoms with Gasteiger partial charge < -0.3 is 0 Å². The molecule has 96 valence electrons. The smallest absolute Gasteiger partial charge is 0.210 e. The van der Waals surface area contributed by atoms with Gasteiger partial charge in [-0.1, -0.05) is 30.3 Å². The number of amidine groups is 1. The molecule has 0 atom stereocenters. The highest BCUT2D eigenvalue weighted by Gasteiger charge is 2.28. The lowest BCUT2D eigenvalue weighted by Crippen LogP contribution is -2.44. The molecule has 0 unspecified atom stereocenters. The fourth-order valence-electron chi connectivity index (χ4n) is 1.97. The van der Waals surface area contributed by atoms with Crippen LogP contribution in [0.3, 0.4) is 0 Å². The van der Waals surface area contributed by atoms with E-state index in [4.69, 9.17) is 5.84 Å². The van der Waals surface area contributed by atoms with E-state index in [1.165, 1.54) is 11.9 Å². The molecule has 0 spiro atoms.